The van der Waals surface area contributed by atoms with Crippen molar-refractivity contribution >= 4 is 17.9 Å². The van der Waals surface area contributed by atoms with Crippen molar-refractivity contribution in [2.24, 2.45) is 4.99 Å². The first kappa shape index (κ1) is 18.4. The van der Waals surface area contributed by atoms with Gasteiger partial charge in [0.05, 0.1) is 7.11 Å². The number of nitrogens with zero attached hydrogens (tertiary/aromatic N) is 1. The average molecular weight is 367 g/mol. The summed E-state index contributed by atoms with van der Waals surface area (Å²) in [6.07, 6.45) is 1.59. The summed E-state index contributed by atoms with van der Waals surface area (Å²) in [6.45, 7) is 6.02. The van der Waals surface area contributed by atoms with Gasteiger partial charge < -0.3 is 14.2 Å². The lowest BCUT2D eigenvalue weighted by Gasteiger charge is -2.11. The van der Waals surface area contributed by atoms with Crippen LogP contribution >= 0.6 is 0 Å². The van der Waals surface area contributed by atoms with Crippen LogP contribution in [0.15, 0.2) is 65.3 Å². The number of carbonyl (C=O) groups excluding carboxylic acids is 1. The van der Waals surface area contributed by atoms with Gasteiger partial charge in [-0.05, 0) is 60.5 Å². The van der Waals surface area contributed by atoms with Crippen LogP contribution < -0.4 is 9.47 Å². The second-order valence-corrected chi connectivity index (χ2v) is 6.00. The molecule has 3 rings (SSSR count). The van der Waals surface area contributed by atoms with Crippen molar-refractivity contribution in [2.45, 2.75) is 6.92 Å². The lowest BCUT2D eigenvalue weighted by molar-refractivity contribution is -0.129. The summed E-state index contributed by atoms with van der Waals surface area (Å²) in [5, 5.41) is 0. The van der Waals surface area contributed by atoms with E-state index in [0.29, 0.717) is 29.2 Å². The van der Waals surface area contributed by atoms with Gasteiger partial charge in [0.1, 0.15) is 12.4 Å². The van der Waals surface area contributed by atoms with Crippen LogP contribution in [0.3, 0.4) is 0 Å². The molecule has 0 fully saturated rings. The quantitative estimate of drug-likeness (QED) is 0.438. The second kappa shape index (κ2) is 7.86. The summed E-state index contributed by atoms with van der Waals surface area (Å²) in [7, 11) is 1.55. The Bertz CT molecular complexity index is 945. The van der Waals surface area contributed by atoms with Gasteiger partial charge in [-0.3, -0.25) is 0 Å². The number of cyclic esters (lactones) is 1. The number of methoxy groups -OCH3 is 1. The van der Waals surface area contributed by atoms with E-state index in [1.807, 2.05) is 6.92 Å². The standard InChI is InChI=1S/C21H18FNO4/c1-13(2)12-26-19-11-14(4-9-18(19)25-3)10-17-21(24)27-20(23-17)15-5-7-16(22)8-6-15/h4-11H,1,12H2,2-3H3/b17-10+. The molecule has 2 aromatic carbocycles. The first-order chi connectivity index (χ1) is 13.0. The third-order valence-electron chi connectivity index (χ3n) is 3.68. The highest BCUT2D eigenvalue weighted by Gasteiger charge is 2.24. The van der Waals surface area contributed by atoms with Crippen LogP contribution in [0.5, 0.6) is 11.5 Å². The zero-order valence-corrected chi connectivity index (χ0v) is 15.0. The van der Waals surface area contributed by atoms with E-state index in [9.17, 15) is 9.18 Å². The minimum atomic E-state index is -0.574. The van der Waals surface area contributed by atoms with E-state index in [-0.39, 0.29) is 17.4 Å². The van der Waals surface area contributed by atoms with Crippen molar-refractivity contribution in [1.29, 1.82) is 0 Å². The predicted molar refractivity (Wildman–Crippen MR) is 100 cm³/mol. The highest BCUT2D eigenvalue weighted by Crippen LogP contribution is 2.30. The molecule has 6 heteroatoms. The van der Waals surface area contributed by atoms with Crippen LogP contribution in [-0.2, 0) is 9.53 Å². The first-order valence-corrected chi connectivity index (χ1v) is 8.20. The van der Waals surface area contributed by atoms with Gasteiger partial charge in [0.2, 0.25) is 5.90 Å². The molecule has 0 atom stereocenters. The maximum absolute atomic E-state index is 13.0. The van der Waals surface area contributed by atoms with Crippen LogP contribution in [0, 0.1) is 5.82 Å². The number of ether oxygens (including phenoxy) is 3. The third-order valence-corrected chi connectivity index (χ3v) is 3.68. The second-order valence-electron chi connectivity index (χ2n) is 6.00. The van der Waals surface area contributed by atoms with Crippen LogP contribution in [0.4, 0.5) is 4.39 Å². The molecule has 138 valence electrons. The molecular formula is C21H18FNO4. The Kier molecular flexibility index (Phi) is 5.35. The molecule has 0 aromatic heterocycles. The van der Waals surface area contributed by atoms with Crippen molar-refractivity contribution in [2.75, 3.05) is 13.7 Å². The molecule has 0 bridgehead atoms. The van der Waals surface area contributed by atoms with Gasteiger partial charge in [0, 0.05) is 5.56 Å². The van der Waals surface area contributed by atoms with Crippen LogP contribution in [-0.4, -0.2) is 25.6 Å². The van der Waals surface area contributed by atoms with Crippen LogP contribution in [0.1, 0.15) is 18.1 Å². The SMILES string of the molecule is C=C(C)COc1cc(/C=C2/N=C(c3ccc(F)cc3)OC2=O)ccc1OC. The van der Waals surface area contributed by atoms with Crippen molar-refractivity contribution in [3.8, 4) is 11.5 Å². The third kappa shape index (κ3) is 4.41. The molecule has 27 heavy (non-hydrogen) atoms. The molecule has 1 aliphatic heterocycles. The number of aliphatic imine (C=N–C) groups is 1. The van der Waals surface area contributed by atoms with E-state index < -0.39 is 5.97 Å². The van der Waals surface area contributed by atoms with Crippen molar-refractivity contribution in [1.82, 2.24) is 0 Å². The zero-order chi connectivity index (χ0) is 19.4. The fourth-order valence-electron chi connectivity index (χ4n) is 2.38. The van der Waals surface area contributed by atoms with E-state index in [1.165, 1.54) is 24.3 Å². The lowest BCUT2D eigenvalue weighted by atomic mass is 10.1. The number of hydrogen-bond donors (Lipinski definition) is 0. The summed E-state index contributed by atoms with van der Waals surface area (Å²) in [6, 6.07) is 10.8. The Morgan fingerprint density at radius 2 is 1.96 bits per heavy atom. The maximum Gasteiger partial charge on any atom is 0.363 e. The Hall–Kier alpha value is -3.41. The maximum atomic E-state index is 13.0. The predicted octanol–water partition coefficient (Wildman–Crippen LogP) is 4.13. The highest BCUT2D eigenvalue weighted by atomic mass is 19.1. The summed E-state index contributed by atoms with van der Waals surface area (Å²) < 4.78 is 29.2. The molecule has 0 amide bonds. The molecule has 1 heterocycles. The topological polar surface area (TPSA) is 57.1 Å². The Balaban J connectivity index is 1.88. The largest absolute Gasteiger partial charge is 0.493 e. The van der Waals surface area contributed by atoms with E-state index in [0.717, 1.165) is 5.57 Å². The molecule has 0 saturated heterocycles. The van der Waals surface area contributed by atoms with Gasteiger partial charge in [0.15, 0.2) is 17.2 Å². The Labute approximate surface area is 156 Å². The molecule has 0 N–H and O–H groups in total. The number of esters is 1. The summed E-state index contributed by atoms with van der Waals surface area (Å²) >= 11 is 0. The normalized spacial score (nSPS) is 14.7. The van der Waals surface area contributed by atoms with E-state index >= 15 is 0 Å². The lowest BCUT2D eigenvalue weighted by Crippen LogP contribution is -2.05. The number of benzene rings is 2. The van der Waals surface area contributed by atoms with Crippen molar-refractivity contribution in [3.05, 3.63) is 77.3 Å². The van der Waals surface area contributed by atoms with E-state index in [2.05, 4.69) is 11.6 Å². The molecule has 0 spiro atoms. The minimum absolute atomic E-state index is 0.138. The number of halogens is 1. The number of hydrogen-bond acceptors (Lipinski definition) is 5. The van der Waals surface area contributed by atoms with E-state index in [1.54, 1.807) is 31.4 Å². The molecular weight excluding hydrogens is 349 g/mol. The average Bonchev–Trinajstić information content (AvgIpc) is 3.01. The molecule has 2 aromatic rings. The minimum Gasteiger partial charge on any atom is -0.493 e. The molecule has 5 nitrogen and oxygen atoms in total. The number of carbonyl (C=O) groups is 1. The summed E-state index contributed by atoms with van der Waals surface area (Å²) in [4.78, 5) is 16.3. The van der Waals surface area contributed by atoms with Crippen LogP contribution in [0.2, 0.25) is 0 Å². The fourth-order valence-corrected chi connectivity index (χ4v) is 2.38. The monoisotopic (exact) mass is 367 g/mol. The smallest absolute Gasteiger partial charge is 0.363 e. The number of rotatable bonds is 6. The molecule has 0 aliphatic carbocycles. The van der Waals surface area contributed by atoms with Gasteiger partial charge in [-0.25, -0.2) is 14.2 Å². The van der Waals surface area contributed by atoms with Gasteiger partial charge in [-0.15, -0.1) is 0 Å². The Morgan fingerprint density at radius 1 is 1.22 bits per heavy atom. The fraction of sp³-hybridized carbons (Fsp3) is 0.143. The summed E-state index contributed by atoms with van der Waals surface area (Å²) in [5.41, 5.74) is 2.23. The molecule has 0 unspecified atom stereocenters. The molecule has 0 saturated carbocycles. The van der Waals surface area contributed by atoms with Crippen molar-refractivity contribution in [3.63, 3.8) is 0 Å². The van der Waals surface area contributed by atoms with Crippen molar-refractivity contribution < 1.29 is 23.4 Å². The molecule has 1 aliphatic rings. The summed E-state index contributed by atoms with van der Waals surface area (Å²) in [5.74, 6) is 0.292. The zero-order valence-electron chi connectivity index (χ0n) is 15.0. The molecule has 0 radical (unpaired) electrons. The Morgan fingerprint density at radius 3 is 2.63 bits per heavy atom. The van der Waals surface area contributed by atoms with Gasteiger partial charge in [-0.2, -0.15) is 0 Å². The van der Waals surface area contributed by atoms with Gasteiger partial charge in [0.25, 0.3) is 0 Å². The van der Waals surface area contributed by atoms with Gasteiger partial charge in [-0.1, -0.05) is 12.6 Å². The first-order valence-electron chi connectivity index (χ1n) is 8.20. The van der Waals surface area contributed by atoms with E-state index in [4.69, 9.17) is 14.2 Å². The highest BCUT2D eigenvalue weighted by molar-refractivity contribution is 6.12. The van der Waals surface area contributed by atoms with Gasteiger partial charge >= 0.3 is 5.97 Å². The van der Waals surface area contributed by atoms with Crippen LogP contribution in [0.25, 0.3) is 6.08 Å².